The molecule has 0 aliphatic carbocycles. The normalized spacial score (nSPS) is 26.6. The molecule has 7 heteroatoms. The third-order valence-corrected chi connectivity index (χ3v) is 4.20. The summed E-state index contributed by atoms with van der Waals surface area (Å²) in [6.07, 6.45) is 0. The molecule has 0 N–H and O–H groups in total. The molecule has 1 amide bonds. The number of hydrogen-bond donors (Lipinski definition) is 0. The summed E-state index contributed by atoms with van der Waals surface area (Å²) in [5, 5.41) is 0. The smallest absolute Gasteiger partial charge is 0.248 e. The average Bonchev–Trinajstić information content (AvgIpc) is 2.58. The highest BCUT2D eigenvalue weighted by Crippen LogP contribution is 2.24. The van der Waals surface area contributed by atoms with Gasteiger partial charge in [0.1, 0.15) is 23.8 Å². The van der Waals surface area contributed by atoms with Crippen LogP contribution in [0, 0.1) is 11.6 Å². The van der Waals surface area contributed by atoms with Gasteiger partial charge in [0.2, 0.25) is 5.91 Å². The molecule has 2 heterocycles. The first-order chi connectivity index (χ1) is 11.0. The lowest BCUT2D eigenvalue weighted by molar-refractivity contribution is -0.143. The molecule has 0 saturated carbocycles. The number of halogens is 2. The molecule has 1 aromatic rings. The Morgan fingerprint density at radius 2 is 1.96 bits per heavy atom. The Kier molecular flexibility index (Phi) is 4.61. The maximum absolute atomic E-state index is 13.3. The van der Waals surface area contributed by atoms with Crippen molar-refractivity contribution in [1.29, 1.82) is 0 Å². The minimum Gasteiger partial charge on any atom is -0.369 e. The van der Waals surface area contributed by atoms with Crippen molar-refractivity contribution < 1.29 is 23.0 Å². The summed E-state index contributed by atoms with van der Waals surface area (Å²) in [7, 11) is 1.73. The summed E-state index contributed by atoms with van der Waals surface area (Å²) in [5.41, 5.74) is -0.0103. The fraction of sp³-hybridized carbons (Fsp3) is 0.562. The molecule has 1 atom stereocenters. The minimum absolute atomic E-state index is 0.0523. The molecule has 2 aliphatic rings. The van der Waals surface area contributed by atoms with Gasteiger partial charge >= 0.3 is 0 Å². The fourth-order valence-electron chi connectivity index (χ4n) is 3.20. The number of benzene rings is 1. The highest BCUT2D eigenvalue weighted by Gasteiger charge is 2.41. The van der Waals surface area contributed by atoms with Gasteiger partial charge in [-0.3, -0.25) is 9.69 Å². The van der Waals surface area contributed by atoms with Crippen LogP contribution in [0.5, 0.6) is 0 Å². The number of nitrogens with zero attached hydrogens (tertiary/aromatic N) is 2. The number of morpholine rings is 1. The number of rotatable bonds is 2. The fourth-order valence-corrected chi connectivity index (χ4v) is 3.20. The molecule has 3 rings (SSSR count). The van der Waals surface area contributed by atoms with Gasteiger partial charge in [-0.1, -0.05) is 0 Å². The van der Waals surface area contributed by atoms with Crippen molar-refractivity contribution >= 4 is 5.91 Å². The lowest BCUT2D eigenvalue weighted by Gasteiger charge is -2.42. The maximum atomic E-state index is 13.3. The zero-order valence-electron chi connectivity index (χ0n) is 13.1. The Labute approximate surface area is 133 Å². The molecule has 1 spiro atoms. The van der Waals surface area contributed by atoms with E-state index < -0.39 is 17.2 Å². The Balaban J connectivity index is 1.71. The predicted molar refractivity (Wildman–Crippen MR) is 78.8 cm³/mol. The summed E-state index contributed by atoms with van der Waals surface area (Å²) in [5.74, 6) is -1.23. The average molecular weight is 326 g/mol. The van der Waals surface area contributed by atoms with Gasteiger partial charge in [0.05, 0.1) is 19.8 Å². The first-order valence-corrected chi connectivity index (χ1v) is 7.59. The molecular formula is C16H20F2N2O3. The van der Waals surface area contributed by atoms with Gasteiger partial charge in [-0.05, 0) is 17.7 Å². The van der Waals surface area contributed by atoms with E-state index in [1.807, 2.05) is 0 Å². The molecule has 23 heavy (non-hydrogen) atoms. The number of hydrogen-bond acceptors (Lipinski definition) is 4. The van der Waals surface area contributed by atoms with Crippen molar-refractivity contribution in [3.63, 3.8) is 0 Å². The Bertz CT molecular complexity index is 578. The molecule has 0 aromatic heterocycles. The Morgan fingerprint density at radius 3 is 2.70 bits per heavy atom. The lowest BCUT2D eigenvalue weighted by atomic mass is 10.0. The highest BCUT2D eigenvalue weighted by molar-refractivity contribution is 5.77. The van der Waals surface area contributed by atoms with Gasteiger partial charge in [-0.15, -0.1) is 0 Å². The van der Waals surface area contributed by atoms with Gasteiger partial charge in [0, 0.05) is 32.7 Å². The number of carbonyl (C=O) groups is 1. The monoisotopic (exact) mass is 326 g/mol. The Morgan fingerprint density at radius 1 is 1.22 bits per heavy atom. The zero-order chi connectivity index (χ0) is 16.4. The van der Waals surface area contributed by atoms with Crippen LogP contribution in [-0.2, 0) is 20.8 Å². The first kappa shape index (κ1) is 16.3. The lowest BCUT2D eigenvalue weighted by Crippen LogP contribution is -2.58. The molecule has 2 aliphatic heterocycles. The maximum Gasteiger partial charge on any atom is 0.248 e. The summed E-state index contributed by atoms with van der Waals surface area (Å²) < 4.78 is 38.0. The van der Waals surface area contributed by atoms with E-state index in [2.05, 4.69) is 4.90 Å². The van der Waals surface area contributed by atoms with Crippen LogP contribution in [0.3, 0.4) is 0 Å². The van der Waals surface area contributed by atoms with Crippen LogP contribution in [0.4, 0.5) is 8.78 Å². The van der Waals surface area contributed by atoms with E-state index in [1.54, 1.807) is 11.9 Å². The SMILES string of the molecule is CN1CC2(COCC1=O)CN(Cc1cc(F)cc(F)c1)CCO2. The summed E-state index contributed by atoms with van der Waals surface area (Å²) in [4.78, 5) is 15.4. The Hall–Kier alpha value is -1.57. The second kappa shape index (κ2) is 6.51. The molecule has 2 saturated heterocycles. The van der Waals surface area contributed by atoms with Crippen molar-refractivity contribution in [2.24, 2.45) is 0 Å². The van der Waals surface area contributed by atoms with E-state index in [1.165, 1.54) is 12.1 Å². The van der Waals surface area contributed by atoms with Crippen molar-refractivity contribution in [1.82, 2.24) is 9.80 Å². The first-order valence-electron chi connectivity index (χ1n) is 7.59. The van der Waals surface area contributed by atoms with Crippen molar-refractivity contribution in [2.45, 2.75) is 12.1 Å². The number of carbonyl (C=O) groups excluding carboxylic acids is 1. The number of amides is 1. The third-order valence-electron chi connectivity index (χ3n) is 4.20. The minimum atomic E-state index is -0.592. The van der Waals surface area contributed by atoms with Crippen LogP contribution in [0.15, 0.2) is 18.2 Å². The summed E-state index contributed by atoms with van der Waals surface area (Å²) >= 11 is 0. The second-order valence-electron chi connectivity index (χ2n) is 6.26. The van der Waals surface area contributed by atoms with Gasteiger partial charge in [0.25, 0.3) is 0 Å². The van der Waals surface area contributed by atoms with Crippen LogP contribution in [0.2, 0.25) is 0 Å². The quantitative estimate of drug-likeness (QED) is 0.814. The molecule has 126 valence electrons. The predicted octanol–water partition coefficient (Wildman–Crippen LogP) is 1.02. The van der Waals surface area contributed by atoms with Crippen LogP contribution in [-0.4, -0.2) is 67.8 Å². The van der Waals surface area contributed by atoms with Gasteiger partial charge in [-0.2, -0.15) is 0 Å². The van der Waals surface area contributed by atoms with Gasteiger partial charge < -0.3 is 14.4 Å². The topological polar surface area (TPSA) is 42.0 Å². The molecule has 0 bridgehead atoms. The molecule has 1 unspecified atom stereocenters. The third kappa shape index (κ3) is 3.85. The van der Waals surface area contributed by atoms with Gasteiger partial charge in [-0.25, -0.2) is 8.78 Å². The van der Waals surface area contributed by atoms with Gasteiger partial charge in [0.15, 0.2) is 0 Å². The van der Waals surface area contributed by atoms with E-state index in [4.69, 9.17) is 9.47 Å². The molecule has 2 fully saturated rings. The van der Waals surface area contributed by atoms with Crippen LogP contribution >= 0.6 is 0 Å². The largest absolute Gasteiger partial charge is 0.369 e. The van der Waals surface area contributed by atoms with E-state index in [0.29, 0.717) is 45.0 Å². The van der Waals surface area contributed by atoms with E-state index >= 15 is 0 Å². The molecule has 5 nitrogen and oxygen atoms in total. The van der Waals surface area contributed by atoms with Crippen LogP contribution in [0.1, 0.15) is 5.56 Å². The number of likely N-dealkylation sites (N-methyl/N-ethyl adjacent to an activating group) is 1. The van der Waals surface area contributed by atoms with Crippen molar-refractivity contribution in [3.05, 3.63) is 35.4 Å². The summed E-state index contributed by atoms with van der Waals surface area (Å²) in [6, 6.07) is 3.54. The zero-order valence-corrected chi connectivity index (χ0v) is 13.1. The highest BCUT2D eigenvalue weighted by atomic mass is 19.1. The molecule has 1 aromatic carbocycles. The number of ether oxygens (including phenoxy) is 2. The van der Waals surface area contributed by atoms with Crippen LogP contribution in [0.25, 0.3) is 0 Å². The van der Waals surface area contributed by atoms with Crippen molar-refractivity contribution in [2.75, 3.05) is 46.5 Å². The van der Waals surface area contributed by atoms with Crippen LogP contribution < -0.4 is 0 Å². The van der Waals surface area contributed by atoms with E-state index in [-0.39, 0.29) is 12.5 Å². The summed E-state index contributed by atoms with van der Waals surface area (Å²) in [6.45, 7) is 2.95. The molecule has 0 radical (unpaired) electrons. The van der Waals surface area contributed by atoms with Crippen molar-refractivity contribution in [3.8, 4) is 0 Å². The van der Waals surface area contributed by atoms with E-state index in [9.17, 15) is 13.6 Å². The standard InChI is InChI=1S/C16H20F2N2O3/c1-19-9-16(11-22-8-15(19)21)10-20(2-3-23-16)7-12-4-13(17)6-14(18)5-12/h4-6H,2-3,7-11H2,1H3. The van der Waals surface area contributed by atoms with E-state index in [0.717, 1.165) is 6.07 Å². The molecular weight excluding hydrogens is 306 g/mol. The second-order valence-corrected chi connectivity index (χ2v) is 6.26.